The molecule has 0 amide bonds. The number of aryl methyl sites for hydroxylation is 1. The molecule has 168 valence electrons. The normalized spacial score (nSPS) is 11.5. The van der Waals surface area contributed by atoms with Crippen LogP contribution in [0.15, 0.2) is 80.6 Å². The fraction of sp³-hybridized carbons (Fsp3) is 0.0417. The van der Waals surface area contributed by atoms with Crippen molar-refractivity contribution in [1.82, 2.24) is 0 Å². The number of halogens is 4. The third-order valence-electron chi connectivity index (χ3n) is 5.04. The average Bonchev–Trinajstić information content (AvgIpc) is 2.76. The van der Waals surface area contributed by atoms with Gasteiger partial charge in [-0.2, -0.15) is 0 Å². The number of fused-ring (bicyclic) bond motifs is 1. The number of anilines is 1. The molecule has 0 aliphatic carbocycles. The van der Waals surface area contributed by atoms with Crippen molar-refractivity contribution in [2.75, 3.05) is 4.72 Å². The van der Waals surface area contributed by atoms with Crippen LogP contribution < -0.4 is 4.72 Å². The number of hydrogen-bond donors (Lipinski definition) is 1. The molecule has 4 rings (SSSR count). The number of sulfonamides is 1. The van der Waals surface area contributed by atoms with E-state index in [1.165, 1.54) is 18.2 Å². The van der Waals surface area contributed by atoms with Crippen molar-refractivity contribution in [3.05, 3.63) is 103 Å². The minimum Gasteiger partial charge on any atom is -0.288 e. The van der Waals surface area contributed by atoms with Crippen molar-refractivity contribution < 1.29 is 17.6 Å². The summed E-state index contributed by atoms with van der Waals surface area (Å²) in [6.45, 7) is 1.85. The van der Waals surface area contributed by atoms with Crippen LogP contribution in [0.25, 0.3) is 10.8 Å². The number of benzene rings is 4. The van der Waals surface area contributed by atoms with E-state index in [0.717, 1.165) is 17.7 Å². The Morgan fingerprint density at radius 1 is 0.970 bits per heavy atom. The van der Waals surface area contributed by atoms with Crippen LogP contribution in [0.1, 0.15) is 21.5 Å². The van der Waals surface area contributed by atoms with Crippen LogP contribution in [-0.2, 0) is 10.0 Å². The molecule has 0 aliphatic heterocycles. The van der Waals surface area contributed by atoms with E-state index in [1.54, 1.807) is 36.4 Å². The average molecular weight is 612 g/mol. The number of rotatable bonds is 5. The molecule has 0 spiro atoms. The molecule has 0 heterocycles. The van der Waals surface area contributed by atoms with Gasteiger partial charge in [-0.05, 0) is 76.1 Å². The van der Waals surface area contributed by atoms with Gasteiger partial charge in [0.05, 0.1) is 21.2 Å². The van der Waals surface area contributed by atoms with Crippen LogP contribution in [0, 0.1) is 12.7 Å². The third kappa shape index (κ3) is 4.71. The Hall–Kier alpha value is -2.26. The maximum Gasteiger partial charge on any atom is 0.261 e. The summed E-state index contributed by atoms with van der Waals surface area (Å²) < 4.78 is 43.8. The van der Waals surface area contributed by atoms with E-state index >= 15 is 0 Å². The number of hydrogen-bond acceptors (Lipinski definition) is 3. The van der Waals surface area contributed by atoms with Gasteiger partial charge < -0.3 is 0 Å². The summed E-state index contributed by atoms with van der Waals surface area (Å²) >= 11 is 13.1. The molecule has 0 aliphatic rings. The van der Waals surface area contributed by atoms with Crippen molar-refractivity contribution in [2.45, 2.75) is 11.8 Å². The number of carbonyl (C=O) groups excluding carboxylic acids is 1. The molecule has 1 N–H and O–H groups in total. The minimum atomic E-state index is -4.03. The third-order valence-corrected chi connectivity index (χ3v) is 8.27. The summed E-state index contributed by atoms with van der Waals surface area (Å²) in [4.78, 5) is 13.6. The van der Waals surface area contributed by atoms with E-state index in [-0.39, 0.29) is 26.7 Å². The SMILES string of the molecule is Cc1ccc(S(=O)(=O)Nc2cc3c(Br)cccc3c(Br)c2C(=O)c2cc(F)ccc2Cl)cc1. The number of nitrogens with one attached hydrogen (secondary N) is 1. The lowest BCUT2D eigenvalue weighted by molar-refractivity contribution is 0.103. The van der Waals surface area contributed by atoms with E-state index < -0.39 is 21.6 Å². The van der Waals surface area contributed by atoms with E-state index in [2.05, 4.69) is 36.6 Å². The smallest absolute Gasteiger partial charge is 0.261 e. The van der Waals surface area contributed by atoms with Gasteiger partial charge in [0.25, 0.3) is 10.0 Å². The lowest BCUT2D eigenvalue weighted by atomic mass is 9.98. The summed E-state index contributed by atoms with van der Waals surface area (Å²) in [5.41, 5.74) is 0.876. The number of ketones is 1. The predicted molar refractivity (Wildman–Crippen MR) is 136 cm³/mol. The Morgan fingerprint density at radius 3 is 2.36 bits per heavy atom. The minimum absolute atomic E-state index is 0.0174. The largest absolute Gasteiger partial charge is 0.288 e. The van der Waals surface area contributed by atoms with Gasteiger partial charge >= 0.3 is 0 Å². The molecule has 0 unspecified atom stereocenters. The van der Waals surface area contributed by atoms with Gasteiger partial charge in [0, 0.05) is 14.5 Å². The zero-order valence-electron chi connectivity index (χ0n) is 17.0. The molecule has 0 saturated heterocycles. The fourth-order valence-corrected chi connectivity index (χ4v) is 5.86. The molecule has 33 heavy (non-hydrogen) atoms. The Morgan fingerprint density at radius 2 is 1.67 bits per heavy atom. The van der Waals surface area contributed by atoms with Crippen LogP contribution in [0.4, 0.5) is 10.1 Å². The lowest BCUT2D eigenvalue weighted by Crippen LogP contribution is -2.17. The molecule has 4 nitrogen and oxygen atoms in total. The van der Waals surface area contributed by atoms with Gasteiger partial charge in [-0.15, -0.1) is 0 Å². The summed E-state index contributed by atoms with van der Waals surface area (Å²) in [6, 6.07) is 16.7. The van der Waals surface area contributed by atoms with Gasteiger partial charge in [0.15, 0.2) is 5.78 Å². The Balaban J connectivity index is 1.96. The molecule has 4 aromatic rings. The number of carbonyl (C=O) groups is 1. The van der Waals surface area contributed by atoms with Crippen molar-refractivity contribution in [2.24, 2.45) is 0 Å². The standard InChI is InChI=1S/C24H15Br2ClFNO3S/c1-13-5-8-15(9-6-13)33(31,32)29-21-12-17-16(3-2-4-19(17)25)23(26)22(21)24(30)18-11-14(28)7-10-20(18)27/h2-12,29H,1H3. The highest BCUT2D eigenvalue weighted by molar-refractivity contribution is 9.11. The molecule has 0 saturated carbocycles. The van der Waals surface area contributed by atoms with Gasteiger partial charge in [0.2, 0.25) is 0 Å². The van der Waals surface area contributed by atoms with Crippen LogP contribution >= 0.6 is 43.5 Å². The van der Waals surface area contributed by atoms with Gasteiger partial charge in [-0.1, -0.05) is 57.4 Å². The Bertz CT molecular complexity index is 1520. The molecular weight excluding hydrogens is 597 g/mol. The molecule has 4 aromatic carbocycles. The molecular formula is C24H15Br2ClFNO3S. The quantitative estimate of drug-likeness (QED) is 0.238. The first-order valence-electron chi connectivity index (χ1n) is 9.58. The molecule has 0 atom stereocenters. The zero-order chi connectivity index (χ0) is 23.9. The van der Waals surface area contributed by atoms with E-state index in [0.29, 0.717) is 19.7 Å². The van der Waals surface area contributed by atoms with Crippen LogP contribution in [-0.4, -0.2) is 14.2 Å². The van der Waals surface area contributed by atoms with E-state index in [9.17, 15) is 17.6 Å². The fourth-order valence-electron chi connectivity index (χ4n) is 3.37. The van der Waals surface area contributed by atoms with Crippen molar-refractivity contribution in [3.63, 3.8) is 0 Å². The first-order valence-corrected chi connectivity index (χ1v) is 13.0. The van der Waals surface area contributed by atoms with Gasteiger partial charge in [-0.25, -0.2) is 12.8 Å². The summed E-state index contributed by atoms with van der Waals surface area (Å²) in [6.07, 6.45) is 0. The summed E-state index contributed by atoms with van der Waals surface area (Å²) in [7, 11) is -4.03. The van der Waals surface area contributed by atoms with Gasteiger partial charge in [-0.3, -0.25) is 9.52 Å². The van der Waals surface area contributed by atoms with E-state index in [4.69, 9.17) is 11.6 Å². The maximum atomic E-state index is 13.9. The summed E-state index contributed by atoms with van der Waals surface area (Å²) in [5, 5.41) is 1.39. The first-order chi connectivity index (χ1) is 15.6. The van der Waals surface area contributed by atoms with Crippen molar-refractivity contribution in [1.29, 1.82) is 0 Å². The highest BCUT2D eigenvalue weighted by Gasteiger charge is 2.26. The second-order valence-electron chi connectivity index (χ2n) is 7.32. The molecule has 9 heteroatoms. The Labute approximate surface area is 212 Å². The molecule has 0 fully saturated rings. The highest BCUT2D eigenvalue weighted by atomic mass is 79.9. The highest BCUT2D eigenvalue weighted by Crippen LogP contribution is 2.39. The second kappa shape index (κ2) is 9.18. The second-order valence-corrected chi connectivity index (χ2v) is 11.1. The van der Waals surface area contributed by atoms with Crippen LogP contribution in [0.2, 0.25) is 5.02 Å². The van der Waals surface area contributed by atoms with Crippen molar-refractivity contribution >= 4 is 75.7 Å². The molecule has 0 bridgehead atoms. The maximum absolute atomic E-state index is 13.9. The predicted octanol–water partition coefficient (Wildman–Crippen LogP) is 7.50. The zero-order valence-corrected chi connectivity index (χ0v) is 21.7. The Kier molecular flexibility index (Phi) is 6.64. The topological polar surface area (TPSA) is 63.2 Å². The van der Waals surface area contributed by atoms with E-state index in [1.807, 2.05) is 6.92 Å². The molecule has 0 aromatic heterocycles. The lowest BCUT2D eigenvalue weighted by Gasteiger charge is -2.17. The monoisotopic (exact) mass is 609 g/mol. The van der Waals surface area contributed by atoms with Crippen LogP contribution in [0.3, 0.4) is 0 Å². The van der Waals surface area contributed by atoms with Crippen molar-refractivity contribution in [3.8, 4) is 0 Å². The van der Waals surface area contributed by atoms with Gasteiger partial charge in [0.1, 0.15) is 5.82 Å². The summed E-state index contributed by atoms with van der Waals surface area (Å²) in [5.74, 6) is -1.26. The first kappa shape index (κ1) is 23.9. The molecule has 0 radical (unpaired) electrons. The van der Waals surface area contributed by atoms with Crippen LogP contribution in [0.5, 0.6) is 0 Å².